The molecule has 1 N–H and O–H groups in total. The second-order valence-electron chi connectivity index (χ2n) is 5.64. The molecule has 0 radical (unpaired) electrons. The molecule has 1 aliphatic heterocycles. The largest absolute Gasteiger partial charge is 0.311 e. The maximum Gasteiger partial charge on any atom is 0.154 e. The first-order chi connectivity index (χ1) is 10.0. The fourth-order valence-corrected chi connectivity index (χ4v) is 2.66. The number of hydrogen-bond acceptors (Lipinski definition) is 3. The SMILES string of the molecule is CC1(C)C(c2ccccc2)=N[C@H](c2ccccc2F)N1O. The highest BCUT2D eigenvalue weighted by molar-refractivity contribution is 6.07. The summed E-state index contributed by atoms with van der Waals surface area (Å²) in [6.07, 6.45) is -0.726. The molecule has 0 saturated carbocycles. The van der Waals surface area contributed by atoms with Crippen molar-refractivity contribution in [2.75, 3.05) is 0 Å². The Labute approximate surface area is 123 Å². The lowest BCUT2D eigenvalue weighted by Gasteiger charge is -2.30. The van der Waals surface area contributed by atoms with Gasteiger partial charge in [-0.2, -0.15) is 5.06 Å². The molecule has 0 fully saturated rings. The van der Waals surface area contributed by atoms with E-state index in [2.05, 4.69) is 4.99 Å². The summed E-state index contributed by atoms with van der Waals surface area (Å²) in [6, 6.07) is 16.1. The summed E-state index contributed by atoms with van der Waals surface area (Å²) in [4.78, 5) is 4.58. The van der Waals surface area contributed by atoms with Gasteiger partial charge in [-0.15, -0.1) is 0 Å². The molecule has 1 atom stereocenters. The normalized spacial score (nSPS) is 21.3. The number of nitrogens with zero attached hydrogens (tertiary/aromatic N) is 2. The smallest absolute Gasteiger partial charge is 0.154 e. The zero-order valence-corrected chi connectivity index (χ0v) is 12.0. The number of hydrogen-bond donors (Lipinski definition) is 1. The van der Waals surface area contributed by atoms with Gasteiger partial charge in [0.25, 0.3) is 0 Å². The van der Waals surface area contributed by atoms with Crippen LogP contribution in [-0.4, -0.2) is 21.5 Å². The van der Waals surface area contributed by atoms with Crippen LogP contribution in [0.1, 0.15) is 31.1 Å². The highest BCUT2D eigenvalue weighted by Crippen LogP contribution is 2.38. The molecule has 2 aromatic carbocycles. The van der Waals surface area contributed by atoms with E-state index in [0.717, 1.165) is 16.3 Å². The standard InChI is InChI=1S/C17H17FN2O/c1-17(2)15(12-8-4-3-5-9-12)19-16(20(17)21)13-10-6-7-11-14(13)18/h3-11,16,21H,1-2H3/t16-/m0/s1. The third kappa shape index (κ3) is 2.26. The van der Waals surface area contributed by atoms with Gasteiger partial charge >= 0.3 is 0 Å². The Bertz CT molecular complexity index is 682. The molecule has 1 heterocycles. The number of halogens is 1. The van der Waals surface area contributed by atoms with E-state index in [1.807, 2.05) is 44.2 Å². The minimum Gasteiger partial charge on any atom is -0.311 e. The first-order valence-corrected chi connectivity index (χ1v) is 6.88. The van der Waals surface area contributed by atoms with Crippen LogP contribution in [0.2, 0.25) is 0 Å². The lowest BCUT2D eigenvalue weighted by Crippen LogP contribution is -2.44. The second-order valence-corrected chi connectivity index (χ2v) is 5.64. The van der Waals surface area contributed by atoms with Crippen molar-refractivity contribution in [2.45, 2.75) is 25.6 Å². The molecular formula is C17H17FN2O. The topological polar surface area (TPSA) is 35.8 Å². The minimum absolute atomic E-state index is 0.365. The van der Waals surface area contributed by atoms with Gasteiger partial charge in [-0.1, -0.05) is 48.5 Å². The van der Waals surface area contributed by atoms with Crippen LogP contribution in [0.15, 0.2) is 59.6 Å². The van der Waals surface area contributed by atoms with Crippen molar-refractivity contribution >= 4 is 5.71 Å². The summed E-state index contributed by atoms with van der Waals surface area (Å²) in [5.74, 6) is -0.365. The maximum absolute atomic E-state index is 14.0. The zero-order chi connectivity index (χ0) is 15.0. The van der Waals surface area contributed by atoms with E-state index in [0.29, 0.717) is 5.56 Å². The highest BCUT2D eigenvalue weighted by atomic mass is 19.1. The minimum atomic E-state index is -0.726. The lowest BCUT2D eigenvalue weighted by atomic mass is 9.93. The summed E-state index contributed by atoms with van der Waals surface area (Å²) in [6.45, 7) is 3.75. The van der Waals surface area contributed by atoms with Gasteiger partial charge in [-0.25, -0.2) is 4.39 Å². The van der Waals surface area contributed by atoms with Crippen LogP contribution in [0, 0.1) is 5.82 Å². The highest BCUT2D eigenvalue weighted by Gasteiger charge is 2.44. The van der Waals surface area contributed by atoms with E-state index in [1.165, 1.54) is 6.07 Å². The van der Waals surface area contributed by atoms with Crippen LogP contribution in [0.5, 0.6) is 0 Å². The fourth-order valence-electron chi connectivity index (χ4n) is 2.66. The molecule has 0 unspecified atom stereocenters. The van der Waals surface area contributed by atoms with Gasteiger partial charge in [0.2, 0.25) is 0 Å². The maximum atomic E-state index is 14.0. The fraction of sp³-hybridized carbons (Fsp3) is 0.235. The Morgan fingerprint density at radius 3 is 2.33 bits per heavy atom. The van der Waals surface area contributed by atoms with E-state index in [-0.39, 0.29) is 5.82 Å². The van der Waals surface area contributed by atoms with Crippen molar-refractivity contribution in [3.05, 3.63) is 71.5 Å². The third-order valence-corrected chi connectivity index (χ3v) is 3.87. The van der Waals surface area contributed by atoms with E-state index >= 15 is 0 Å². The molecule has 3 rings (SSSR count). The zero-order valence-electron chi connectivity index (χ0n) is 12.0. The molecule has 0 saturated heterocycles. The van der Waals surface area contributed by atoms with Crippen LogP contribution < -0.4 is 0 Å². The molecule has 21 heavy (non-hydrogen) atoms. The number of benzene rings is 2. The van der Waals surface area contributed by atoms with Gasteiger partial charge < -0.3 is 5.21 Å². The Hall–Kier alpha value is -2.04. The Kier molecular flexibility index (Phi) is 3.35. The quantitative estimate of drug-likeness (QED) is 0.910. The molecule has 0 amide bonds. The Balaban J connectivity index is 2.09. The molecule has 3 nitrogen and oxygen atoms in total. The molecule has 0 bridgehead atoms. The van der Waals surface area contributed by atoms with Crippen LogP contribution in [0.3, 0.4) is 0 Å². The van der Waals surface area contributed by atoms with Crippen molar-refractivity contribution in [1.29, 1.82) is 0 Å². The van der Waals surface area contributed by atoms with Gasteiger partial charge in [0.15, 0.2) is 6.17 Å². The summed E-state index contributed by atoms with van der Waals surface area (Å²) in [5, 5.41) is 11.6. The monoisotopic (exact) mass is 284 g/mol. The van der Waals surface area contributed by atoms with Crippen LogP contribution >= 0.6 is 0 Å². The van der Waals surface area contributed by atoms with Crippen molar-refractivity contribution in [2.24, 2.45) is 4.99 Å². The van der Waals surface area contributed by atoms with E-state index in [1.54, 1.807) is 18.2 Å². The molecule has 4 heteroatoms. The van der Waals surface area contributed by atoms with E-state index < -0.39 is 11.7 Å². The van der Waals surface area contributed by atoms with E-state index in [9.17, 15) is 9.60 Å². The van der Waals surface area contributed by atoms with E-state index in [4.69, 9.17) is 0 Å². The van der Waals surface area contributed by atoms with Crippen LogP contribution in [0.4, 0.5) is 4.39 Å². The van der Waals surface area contributed by atoms with Gasteiger partial charge in [-0.05, 0) is 25.5 Å². The predicted molar refractivity (Wildman–Crippen MR) is 79.8 cm³/mol. The summed E-state index contributed by atoms with van der Waals surface area (Å²) in [5.41, 5.74) is 1.37. The molecule has 1 aliphatic rings. The average molecular weight is 284 g/mol. The molecule has 0 aromatic heterocycles. The van der Waals surface area contributed by atoms with Crippen molar-refractivity contribution in [1.82, 2.24) is 5.06 Å². The molecular weight excluding hydrogens is 267 g/mol. The molecule has 2 aromatic rings. The lowest BCUT2D eigenvalue weighted by molar-refractivity contribution is -0.160. The third-order valence-electron chi connectivity index (χ3n) is 3.87. The van der Waals surface area contributed by atoms with Gasteiger partial charge in [0.05, 0.1) is 11.3 Å². The molecule has 0 aliphatic carbocycles. The van der Waals surface area contributed by atoms with Crippen molar-refractivity contribution in [3.63, 3.8) is 0 Å². The first-order valence-electron chi connectivity index (χ1n) is 6.88. The number of hydroxylamine groups is 2. The van der Waals surface area contributed by atoms with Gasteiger partial charge in [0.1, 0.15) is 5.82 Å². The summed E-state index contributed by atoms with van der Waals surface area (Å²) < 4.78 is 14.0. The Morgan fingerprint density at radius 1 is 1.05 bits per heavy atom. The number of rotatable bonds is 2. The average Bonchev–Trinajstić information content (AvgIpc) is 2.72. The van der Waals surface area contributed by atoms with Crippen molar-refractivity contribution < 1.29 is 9.60 Å². The van der Waals surface area contributed by atoms with Crippen LogP contribution in [-0.2, 0) is 0 Å². The molecule has 0 spiro atoms. The summed E-state index contributed by atoms with van der Waals surface area (Å²) in [7, 11) is 0. The van der Waals surface area contributed by atoms with Crippen molar-refractivity contribution in [3.8, 4) is 0 Å². The van der Waals surface area contributed by atoms with Gasteiger partial charge in [-0.3, -0.25) is 4.99 Å². The van der Waals surface area contributed by atoms with Gasteiger partial charge in [0, 0.05) is 5.56 Å². The summed E-state index contributed by atoms with van der Waals surface area (Å²) >= 11 is 0. The predicted octanol–water partition coefficient (Wildman–Crippen LogP) is 3.80. The van der Waals surface area contributed by atoms with Crippen LogP contribution in [0.25, 0.3) is 0 Å². The number of aliphatic imine (C=N–C) groups is 1. The Morgan fingerprint density at radius 2 is 1.67 bits per heavy atom. The first kappa shape index (κ1) is 13.9. The second kappa shape index (κ2) is 5.06. The molecule has 108 valence electrons.